The lowest BCUT2D eigenvalue weighted by atomic mass is 10.0. The van der Waals surface area contributed by atoms with Gasteiger partial charge in [0.05, 0.1) is 17.7 Å². The minimum absolute atomic E-state index is 0.165. The van der Waals surface area contributed by atoms with Crippen molar-refractivity contribution in [3.8, 4) is 12.1 Å². The normalized spacial score (nSPS) is 15.1. The summed E-state index contributed by atoms with van der Waals surface area (Å²) in [7, 11) is 1.56. The van der Waals surface area contributed by atoms with Crippen molar-refractivity contribution in [3.63, 3.8) is 0 Å². The van der Waals surface area contributed by atoms with E-state index in [1.807, 2.05) is 18.0 Å². The molecule has 0 unspecified atom stereocenters. The molecule has 4 rings (SSSR count). The predicted molar refractivity (Wildman–Crippen MR) is 123 cm³/mol. The molecule has 4 heterocycles. The maximum Gasteiger partial charge on any atom is 0.259 e. The van der Waals surface area contributed by atoms with E-state index in [2.05, 4.69) is 20.5 Å². The van der Waals surface area contributed by atoms with Gasteiger partial charge in [-0.25, -0.2) is 0 Å². The molecule has 2 aliphatic heterocycles. The zero-order valence-electron chi connectivity index (χ0n) is 19.1. The van der Waals surface area contributed by atoms with Crippen LogP contribution in [0.15, 0.2) is 22.8 Å². The molecular weight excluding hydrogens is 440 g/mol. The second-order valence-electron chi connectivity index (χ2n) is 7.82. The van der Waals surface area contributed by atoms with Gasteiger partial charge in [-0.05, 0) is 19.1 Å². The maximum atomic E-state index is 12.9. The molecule has 0 spiro atoms. The lowest BCUT2D eigenvalue weighted by Gasteiger charge is -2.37. The van der Waals surface area contributed by atoms with Crippen LogP contribution in [0.4, 0.5) is 11.5 Å². The minimum atomic E-state index is -0.480. The van der Waals surface area contributed by atoms with Crippen LogP contribution in [0.3, 0.4) is 0 Å². The van der Waals surface area contributed by atoms with Crippen molar-refractivity contribution < 1.29 is 18.7 Å². The number of ether oxygens (including phenoxy) is 1. The average molecular weight is 467 g/mol. The first-order chi connectivity index (χ1) is 16.4. The SMILES string of the molecule is CCOc1nc(N2CCN(C(=N)N(C)C#N)CC2)ccc1NC(=O)c1coc2c1C(=O)NCC2. The molecule has 178 valence electrons. The summed E-state index contributed by atoms with van der Waals surface area (Å²) >= 11 is 0. The van der Waals surface area contributed by atoms with Crippen molar-refractivity contribution in [1.82, 2.24) is 20.1 Å². The first kappa shape index (κ1) is 22.9. The number of nitrogens with zero attached hydrogens (tertiary/aromatic N) is 5. The number of pyridine rings is 1. The maximum absolute atomic E-state index is 12.9. The number of hydrogen-bond donors (Lipinski definition) is 3. The van der Waals surface area contributed by atoms with Crippen molar-refractivity contribution in [2.75, 3.05) is 56.6 Å². The Hall–Kier alpha value is -4.27. The number of nitriles is 1. The Labute approximate surface area is 196 Å². The summed E-state index contributed by atoms with van der Waals surface area (Å²) in [6, 6.07) is 3.51. The van der Waals surface area contributed by atoms with Crippen LogP contribution in [0, 0.1) is 16.9 Å². The number of carbonyl (C=O) groups is 2. The number of nitrogens with one attached hydrogen (secondary N) is 3. The molecule has 0 aromatic carbocycles. The molecule has 2 aliphatic rings. The number of fused-ring (bicyclic) bond motifs is 1. The molecule has 2 aromatic rings. The van der Waals surface area contributed by atoms with Crippen LogP contribution in [-0.2, 0) is 6.42 Å². The van der Waals surface area contributed by atoms with Gasteiger partial charge >= 0.3 is 0 Å². The highest BCUT2D eigenvalue weighted by Crippen LogP contribution is 2.28. The first-order valence-corrected chi connectivity index (χ1v) is 11.0. The predicted octanol–water partition coefficient (Wildman–Crippen LogP) is 1.08. The Morgan fingerprint density at radius 2 is 2.15 bits per heavy atom. The highest BCUT2D eigenvalue weighted by atomic mass is 16.5. The number of amides is 2. The fraction of sp³-hybridized carbons (Fsp3) is 0.409. The number of carbonyl (C=O) groups excluding carboxylic acids is 2. The summed E-state index contributed by atoms with van der Waals surface area (Å²) in [5, 5.41) is 22.6. The van der Waals surface area contributed by atoms with E-state index in [1.54, 1.807) is 19.2 Å². The first-order valence-electron chi connectivity index (χ1n) is 11.0. The number of guanidine groups is 1. The lowest BCUT2D eigenvalue weighted by molar-refractivity contribution is 0.0931. The van der Waals surface area contributed by atoms with Crippen molar-refractivity contribution in [1.29, 1.82) is 10.7 Å². The van der Waals surface area contributed by atoms with Crippen LogP contribution in [-0.4, -0.2) is 78.9 Å². The molecule has 1 saturated heterocycles. The van der Waals surface area contributed by atoms with Crippen molar-refractivity contribution >= 4 is 29.3 Å². The van der Waals surface area contributed by atoms with Gasteiger partial charge in [0.2, 0.25) is 11.8 Å². The van der Waals surface area contributed by atoms with Crippen LogP contribution in [0.2, 0.25) is 0 Å². The lowest BCUT2D eigenvalue weighted by Crippen LogP contribution is -2.51. The summed E-state index contributed by atoms with van der Waals surface area (Å²) in [5.41, 5.74) is 0.814. The fourth-order valence-corrected chi connectivity index (χ4v) is 3.92. The van der Waals surface area contributed by atoms with Gasteiger partial charge in [0, 0.05) is 46.2 Å². The largest absolute Gasteiger partial charge is 0.476 e. The Kier molecular flexibility index (Phi) is 6.53. The number of furan rings is 1. The molecule has 0 aliphatic carbocycles. The molecule has 2 aromatic heterocycles. The van der Waals surface area contributed by atoms with Crippen molar-refractivity contribution in [2.45, 2.75) is 13.3 Å². The Bertz CT molecular complexity index is 1150. The minimum Gasteiger partial charge on any atom is -0.476 e. The van der Waals surface area contributed by atoms with Crippen LogP contribution in [0.25, 0.3) is 0 Å². The molecule has 34 heavy (non-hydrogen) atoms. The molecule has 3 N–H and O–H groups in total. The van der Waals surface area contributed by atoms with Gasteiger partial charge in [0.1, 0.15) is 23.5 Å². The third kappa shape index (κ3) is 4.45. The third-order valence-electron chi connectivity index (χ3n) is 5.72. The van der Waals surface area contributed by atoms with Crippen LogP contribution in [0.5, 0.6) is 5.88 Å². The number of rotatable bonds is 5. The monoisotopic (exact) mass is 466 g/mol. The summed E-state index contributed by atoms with van der Waals surface area (Å²) < 4.78 is 11.1. The van der Waals surface area contributed by atoms with Crippen molar-refractivity contribution in [3.05, 3.63) is 35.3 Å². The molecule has 1 fully saturated rings. The van der Waals surface area contributed by atoms with E-state index in [0.717, 1.165) is 0 Å². The molecule has 0 radical (unpaired) electrons. The van der Waals surface area contributed by atoms with Crippen LogP contribution >= 0.6 is 0 Å². The zero-order valence-corrected chi connectivity index (χ0v) is 19.1. The van der Waals surface area contributed by atoms with Gasteiger partial charge in [-0.15, -0.1) is 0 Å². The quantitative estimate of drug-likeness (QED) is 0.254. The zero-order chi connectivity index (χ0) is 24.2. The Morgan fingerprint density at radius 3 is 2.85 bits per heavy atom. The number of anilines is 2. The molecule has 0 atom stereocenters. The summed E-state index contributed by atoms with van der Waals surface area (Å²) in [6.45, 7) is 5.03. The average Bonchev–Trinajstić information content (AvgIpc) is 3.30. The smallest absolute Gasteiger partial charge is 0.259 e. The second-order valence-corrected chi connectivity index (χ2v) is 7.82. The summed E-state index contributed by atoms with van der Waals surface area (Å²) in [6.07, 6.45) is 3.78. The van der Waals surface area contributed by atoms with E-state index in [0.29, 0.717) is 63.0 Å². The molecule has 2 amide bonds. The number of hydrogen-bond acceptors (Lipinski definition) is 8. The topological polar surface area (TPSA) is 151 Å². The Morgan fingerprint density at radius 1 is 1.38 bits per heavy atom. The van der Waals surface area contributed by atoms with Gasteiger partial charge in [-0.3, -0.25) is 19.9 Å². The standard InChI is InChI=1S/C22H26N8O4/c1-3-33-21-15(26-19(31)14-12-34-16-6-7-25-20(32)18(14)16)4-5-17(27-21)29-8-10-30(11-9-29)22(24)28(2)13-23/h4-5,12,24H,3,6-11H2,1-2H3,(H,25,32)(H,26,31). The van der Waals surface area contributed by atoms with E-state index in [4.69, 9.17) is 19.8 Å². The van der Waals surface area contributed by atoms with Crippen LogP contribution in [0.1, 0.15) is 33.4 Å². The van der Waals surface area contributed by atoms with Gasteiger partial charge in [0.15, 0.2) is 6.19 Å². The molecular formula is C22H26N8O4. The van der Waals surface area contributed by atoms with E-state index in [-0.39, 0.29) is 28.9 Å². The van der Waals surface area contributed by atoms with E-state index < -0.39 is 5.91 Å². The third-order valence-corrected chi connectivity index (χ3v) is 5.72. The van der Waals surface area contributed by atoms with Crippen molar-refractivity contribution in [2.24, 2.45) is 0 Å². The molecule has 12 heteroatoms. The summed E-state index contributed by atoms with van der Waals surface area (Å²) in [4.78, 5) is 34.8. The second kappa shape index (κ2) is 9.70. The number of aromatic nitrogens is 1. The van der Waals surface area contributed by atoms with E-state index in [9.17, 15) is 9.59 Å². The molecule has 0 bridgehead atoms. The Balaban J connectivity index is 1.48. The van der Waals surface area contributed by atoms with Gasteiger partial charge < -0.3 is 29.6 Å². The van der Waals surface area contributed by atoms with E-state index in [1.165, 1.54) is 11.2 Å². The van der Waals surface area contributed by atoms with E-state index >= 15 is 0 Å². The van der Waals surface area contributed by atoms with Gasteiger partial charge in [-0.1, -0.05) is 0 Å². The highest BCUT2D eigenvalue weighted by molar-refractivity contribution is 6.13. The molecule has 12 nitrogen and oxygen atoms in total. The fourth-order valence-electron chi connectivity index (χ4n) is 3.92. The molecule has 0 saturated carbocycles. The number of piperazine rings is 1. The van der Waals surface area contributed by atoms with Crippen LogP contribution < -0.4 is 20.3 Å². The van der Waals surface area contributed by atoms with Gasteiger partial charge in [-0.2, -0.15) is 10.2 Å². The summed E-state index contributed by atoms with van der Waals surface area (Å²) in [5.74, 6) is 0.813. The van der Waals surface area contributed by atoms with Gasteiger partial charge in [0.25, 0.3) is 11.8 Å². The highest BCUT2D eigenvalue weighted by Gasteiger charge is 2.29.